The van der Waals surface area contributed by atoms with Crippen LogP contribution >= 0.6 is 0 Å². The molecule has 6 nitrogen and oxygen atoms in total. The van der Waals surface area contributed by atoms with Crippen molar-refractivity contribution in [3.05, 3.63) is 64.0 Å². The van der Waals surface area contributed by atoms with E-state index >= 15 is 0 Å². The van der Waals surface area contributed by atoms with Crippen LogP contribution in [0.3, 0.4) is 0 Å². The monoisotopic (exact) mass is 287 g/mol. The molecule has 0 aliphatic rings. The molecule has 2 aromatic rings. The Kier molecular flexibility index (Phi) is 5.22. The van der Waals surface area contributed by atoms with Gasteiger partial charge in [-0.05, 0) is 31.2 Å². The maximum atomic E-state index is 10.5. The van der Waals surface area contributed by atoms with E-state index in [0.717, 1.165) is 11.4 Å². The van der Waals surface area contributed by atoms with Crippen molar-refractivity contribution in [3.63, 3.8) is 0 Å². The highest BCUT2D eigenvalue weighted by atomic mass is 16.6. The van der Waals surface area contributed by atoms with Crippen molar-refractivity contribution >= 4 is 5.69 Å². The highest BCUT2D eigenvalue weighted by molar-refractivity contribution is 5.35. The number of nitro groups is 1. The normalized spacial score (nSPS) is 10.3. The van der Waals surface area contributed by atoms with Gasteiger partial charge in [0.15, 0.2) is 0 Å². The molecule has 0 aliphatic heterocycles. The van der Waals surface area contributed by atoms with Gasteiger partial charge in [-0.3, -0.25) is 15.1 Å². The van der Waals surface area contributed by atoms with Crippen molar-refractivity contribution in [2.75, 3.05) is 13.2 Å². The highest BCUT2D eigenvalue weighted by Crippen LogP contribution is 2.16. The number of nitro benzene ring substituents is 1. The third kappa shape index (κ3) is 4.85. The zero-order chi connectivity index (χ0) is 15.1. The number of pyridine rings is 1. The summed E-state index contributed by atoms with van der Waals surface area (Å²) in [6.45, 7) is 3.81. The molecule has 110 valence electrons. The Balaban J connectivity index is 1.69. The molecule has 1 aromatic carbocycles. The molecule has 21 heavy (non-hydrogen) atoms. The predicted octanol–water partition coefficient (Wildman–Crippen LogP) is 2.47. The van der Waals surface area contributed by atoms with E-state index in [-0.39, 0.29) is 5.69 Å². The first-order chi connectivity index (χ1) is 10.1. The molecule has 0 bridgehead atoms. The number of benzene rings is 1. The molecular formula is C15H17N3O3. The number of hydrogen-bond donors (Lipinski definition) is 1. The van der Waals surface area contributed by atoms with E-state index < -0.39 is 4.92 Å². The lowest BCUT2D eigenvalue weighted by molar-refractivity contribution is -0.384. The highest BCUT2D eigenvalue weighted by Gasteiger charge is 2.04. The zero-order valence-corrected chi connectivity index (χ0v) is 11.8. The quantitative estimate of drug-likeness (QED) is 0.481. The van der Waals surface area contributed by atoms with E-state index in [4.69, 9.17) is 4.74 Å². The number of nitrogens with zero attached hydrogens (tertiary/aromatic N) is 2. The van der Waals surface area contributed by atoms with Gasteiger partial charge in [-0.25, -0.2) is 0 Å². The van der Waals surface area contributed by atoms with Gasteiger partial charge in [0.05, 0.1) is 10.6 Å². The van der Waals surface area contributed by atoms with Gasteiger partial charge >= 0.3 is 0 Å². The summed E-state index contributed by atoms with van der Waals surface area (Å²) in [5.74, 6) is 0.621. The van der Waals surface area contributed by atoms with Crippen LogP contribution in [-0.2, 0) is 6.54 Å². The standard InChI is InChI=1S/C15H17N3O3/c1-12-3-2-4-13(17-12)11-16-9-10-21-15-7-5-14(6-8-15)18(19)20/h2-8,16H,9-11H2,1H3. The Bertz CT molecular complexity index is 599. The second-order valence-corrected chi connectivity index (χ2v) is 4.55. The van der Waals surface area contributed by atoms with Crippen molar-refractivity contribution in [2.24, 2.45) is 0 Å². The largest absolute Gasteiger partial charge is 0.492 e. The maximum Gasteiger partial charge on any atom is 0.269 e. The maximum absolute atomic E-state index is 10.5. The number of non-ortho nitro benzene ring substituents is 1. The molecule has 0 unspecified atom stereocenters. The van der Waals surface area contributed by atoms with Gasteiger partial charge in [-0.1, -0.05) is 6.07 Å². The van der Waals surface area contributed by atoms with Crippen molar-refractivity contribution in [1.82, 2.24) is 10.3 Å². The molecule has 0 amide bonds. The van der Waals surface area contributed by atoms with Crippen LogP contribution in [0.2, 0.25) is 0 Å². The van der Waals surface area contributed by atoms with Crippen LogP contribution in [0.1, 0.15) is 11.4 Å². The molecule has 0 aliphatic carbocycles. The van der Waals surface area contributed by atoms with Crippen molar-refractivity contribution in [2.45, 2.75) is 13.5 Å². The zero-order valence-electron chi connectivity index (χ0n) is 11.8. The van der Waals surface area contributed by atoms with E-state index in [1.807, 2.05) is 25.1 Å². The first-order valence-corrected chi connectivity index (χ1v) is 6.65. The SMILES string of the molecule is Cc1cccc(CNCCOc2ccc([N+](=O)[O-])cc2)n1. The average Bonchev–Trinajstić information content (AvgIpc) is 2.47. The van der Waals surface area contributed by atoms with E-state index in [0.29, 0.717) is 25.4 Å². The molecule has 1 heterocycles. The third-order valence-corrected chi connectivity index (χ3v) is 2.85. The molecule has 0 radical (unpaired) electrons. The van der Waals surface area contributed by atoms with Crippen LogP contribution < -0.4 is 10.1 Å². The van der Waals surface area contributed by atoms with E-state index in [2.05, 4.69) is 10.3 Å². The second-order valence-electron chi connectivity index (χ2n) is 4.55. The fourth-order valence-corrected chi connectivity index (χ4v) is 1.82. The summed E-state index contributed by atoms with van der Waals surface area (Å²) in [4.78, 5) is 14.5. The summed E-state index contributed by atoms with van der Waals surface area (Å²) in [6, 6.07) is 12.0. The topological polar surface area (TPSA) is 77.3 Å². The molecule has 0 fully saturated rings. The Morgan fingerprint density at radius 1 is 1.24 bits per heavy atom. The van der Waals surface area contributed by atoms with Crippen LogP contribution in [-0.4, -0.2) is 23.1 Å². The first kappa shape index (κ1) is 14.9. The molecule has 2 rings (SSSR count). The van der Waals surface area contributed by atoms with Gasteiger partial charge < -0.3 is 10.1 Å². The Morgan fingerprint density at radius 3 is 2.67 bits per heavy atom. The molecule has 0 saturated heterocycles. The minimum atomic E-state index is -0.430. The number of aromatic nitrogens is 1. The fourth-order valence-electron chi connectivity index (χ4n) is 1.82. The van der Waals surface area contributed by atoms with Crippen LogP contribution in [0.4, 0.5) is 5.69 Å². The molecular weight excluding hydrogens is 270 g/mol. The molecule has 0 atom stereocenters. The lowest BCUT2D eigenvalue weighted by atomic mass is 10.3. The number of aryl methyl sites for hydroxylation is 1. The van der Waals surface area contributed by atoms with Crippen LogP contribution in [0, 0.1) is 17.0 Å². The van der Waals surface area contributed by atoms with Crippen molar-refractivity contribution in [1.29, 1.82) is 0 Å². The summed E-state index contributed by atoms with van der Waals surface area (Å²) >= 11 is 0. The summed E-state index contributed by atoms with van der Waals surface area (Å²) in [5, 5.41) is 13.8. The number of hydrogen-bond acceptors (Lipinski definition) is 5. The fraction of sp³-hybridized carbons (Fsp3) is 0.267. The van der Waals surface area contributed by atoms with E-state index in [9.17, 15) is 10.1 Å². The van der Waals surface area contributed by atoms with E-state index in [1.165, 1.54) is 12.1 Å². The minimum absolute atomic E-state index is 0.0611. The predicted molar refractivity (Wildman–Crippen MR) is 79.3 cm³/mol. The lowest BCUT2D eigenvalue weighted by Crippen LogP contribution is -2.21. The van der Waals surface area contributed by atoms with Crippen LogP contribution in [0.15, 0.2) is 42.5 Å². The van der Waals surface area contributed by atoms with Crippen LogP contribution in [0.25, 0.3) is 0 Å². The average molecular weight is 287 g/mol. The number of nitrogens with one attached hydrogen (secondary N) is 1. The first-order valence-electron chi connectivity index (χ1n) is 6.65. The van der Waals surface area contributed by atoms with E-state index in [1.54, 1.807) is 12.1 Å². The molecule has 0 spiro atoms. The Labute approximate surface area is 122 Å². The summed E-state index contributed by atoms with van der Waals surface area (Å²) < 4.78 is 5.50. The Morgan fingerprint density at radius 2 is 2.00 bits per heavy atom. The number of rotatable bonds is 7. The second kappa shape index (κ2) is 7.35. The summed E-state index contributed by atoms with van der Waals surface area (Å²) in [7, 11) is 0. The molecule has 0 saturated carbocycles. The van der Waals surface area contributed by atoms with Crippen molar-refractivity contribution in [3.8, 4) is 5.75 Å². The van der Waals surface area contributed by atoms with Gasteiger partial charge in [-0.15, -0.1) is 0 Å². The van der Waals surface area contributed by atoms with Gasteiger partial charge in [-0.2, -0.15) is 0 Å². The summed E-state index contributed by atoms with van der Waals surface area (Å²) in [6.07, 6.45) is 0. The lowest BCUT2D eigenvalue weighted by Gasteiger charge is -2.07. The smallest absolute Gasteiger partial charge is 0.269 e. The van der Waals surface area contributed by atoms with Crippen molar-refractivity contribution < 1.29 is 9.66 Å². The molecule has 1 aromatic heterocycles. The molecule has 1 N–H and O–H groups in total. The van der Waals surface area contributed by atoms with Gasteiger partial charge in [0.25, 0.3) is 5.69 Å². The number of ether oxygens (including phenoxy) is 1. The summed E-state index contributed by atoms with van der Waals surface area (Å²) in [5.41, 5.74) is 2.05. The van der Waals surface area contributed by atoms with Crippen LogP contribution in [0.5, 0.6) is 5.75 Å². The van der Waals surface area contributed by atoms with Gasteiger partial charge in [0, 0.05) is 30.9 Å². The minimum Gasteiger partial charge on any atom is -0.492 e. The Hall–Kier alpha value is -2.47. The third-order valence-electron chi connectivity index (χ3n) is 2.85. The molecule has 6 heteroatoms. The van der Waals surface area contributed by atoms with Gasteiger partial charge in [0.2, 0.25) is 0 Å². The van der Waals surface area contributed by atoms with Gasteiger partial charge in [0.1, 0.15) is 12.4 Å².